The molecule has 0 unspecified atom stereocenters. The molecule has 0 aromatic carbocycles. The molecule has 3 heterocycles. The fourth-order valence-electron chi connectivity index (χ4n) is 3.39. The molecule has 0 spiro atoms. The van der Waals surface area contributed by atoms with Gasteiger partial charge in [-0.05, 0) is 31.0 Å². The van der Waals surface area contributed by atoms with Crippen molar-refractivity contribution in [3.63, 3.8) is 0 Å². The number of hydrogen-bond donors (Lipinski definition) is 0. The standard InChI is InChI=1S/C20H24N4O4S/c1-23(29(26,27)18-3-4-18)16-2-5-19(22-14-16)28-17-8-12-24(13-9-17)20(25)15-6-10-21-11-7-15/h2,5-7,10-11,14,17-18H,3-4,8-9,12-13H2,1H3. The van der Waals surface area contributed by atoms with Crippen LogP contribution in [0.3, 0.4) is 0 Å². The van der Waals surface area contributed by atoms with Crippen molar-refractivity contribution in [2.45, 2.75) is 37.0 Å². The van der Waals surface area contributed by atoms with E-state index >= 15 is 0 Å². The van der Waals surface area contributed by atoms with Crippen molar-refractivity contribution in [2.75, 3.05) is 24.4 Å². The Kier molecular flexibility index (Phi) is 5.40. The van der Waals surface area contributed by atoms with Crippen LogP contribution in [0.2, 0.25) is 0 Å². The average Bonchev–Trinajstić information content (AvgIpc) is 3.61. The van der Waals surface area contributed by atoms with Crippen LogP contribution in [0.5, 0.6) is 5.88 Å². The molecule has 0 N–H and O–H groups in total. The summed E-state index contributed by atoms with van der Waals surface area (Å²) < 4.78 is 31.9. The topological polar surface area (TPSA) is 92.7 Å². The number of hydrogen-bond acceptors (Lipinski definition) is 6. The van der Waals surface area contributed by atoms with Gasteiger partial charge >= 0.3 is 0 Å². The van der Waals surface area contributed by atoms with Gasteiger partial charge in [0.2, 0.25) is 15.9 Å². The minimum Gasteiger partial charge on any atom is -0.474 e. The molecule has 1 amide bonds. The normalized spacial score (nSPS) is 17.8. The molecule has 1 saturated heterocycles. The van der Waals surface area contributed by atoms with Crippen LogP contribution in [0.15, 0.2) is 42.9 Å². The molecular weight excluding hydrogens is 392 g/mol. The molecule has 29 heavy (non-hydrogen) atoms. The van der Waals surface area contributed by atoms with Gasteiger partial charge in [0.25, 0.3) is 5.91 Å². The van der Waals surface area contributed by atoms with Crippen molar-refractivity contribution in [1.29, 1.82) is 0 Å². The number of aromatic nitrogens is 2. The highest BCUT2D eigenvalue weighted by Crippen LogP contribution is 2.32. The third-order valence-electron chi connectivity index (χ3n) is 5.36. The first-order valence-corrected chi connectivity index (χ1v) is 11.3. The molecule has 2 aromatic heterocycles. The van der Waals surface area contributed by atoms with Gasteiger partial charge in [0.15, 0.2) is 0 Å². The highest BCUT2D eigenvalue weighted by Gasteiger charge is 2.39. The quantitative estimate of drug-likeness (QED) is 0.716. The highest BCUT2D eigenvalue weighted by atomic mass is 32.2. The lowest BCUT2D eigenvalue weighted by molar-refractivity contribution is 0.0588. The van der Waals surface area contributed by atoms with Crippen LogP contribution in [-0.4, -0.2) is 60.7 Å². The Morgan fingerprint density at radius 1 is 1.10 bits per heavy atom. The van der Waals surface area contributed by atoms with Crippen molar-refractivity contribution in [3.05, 3.63) is 48.4 Å². The third-order valence-corrected chi connectivity index (χ3v) is 7.64. The van der Waals surface area contributed by atoms with Crippen LogP contribution in [0.4, 0.5) is 5.69 Å². The molecule has 4 rings (SSSR count). The Balaban J connectivity index is 1.31. The predicted octanol–water partition coefficient (Wildman–Crippen LogP) is 2.09. The van der Waals surface area contributed by atoms with E-state index in [2.05, 4.69) is 9.97 Å². The first-order valence-electron chi connectivity index (χ1n) is 9.75. The molecule has 0 radical (unpaired) electrons. The van der Waals surface area contributed by atoms with Crippen LogP contribution in [0.1, 0.15) is 36.0 Å². The number of pyridine rings is 2. The van der Waals surface area contributed by atoms with Crippen LogP contribution >= 0.6 is 0 Å². The van der Waals surface area contributed by atoms with Gasteiger partial charge in [0, 0.05) is 57.0 Å². The van der Waals surface area contributed by atoms with Crippen LogP contribution < -0.4 is 9.04 Å². The molecule has 9 heteroatoms. The summed E-state index contributed by atoms with van der Waals surface area (Å²) in [5, 5.41) is -0.261. The molecule has 0 bridgehead atoms. The number of sulfonamides is 1. The first kappa shape index (κ1) is 19.6. The van der Waals surface area contributed by atoms with Gasteiger partial charge in [-0.15, -0.1) is 0 Å². The van der Waals surface area contributed by atoms with Crippen molar-refractivity contribution in [1.82, 2.24) is 14.9 Å². The molecule has 2 aromatic rings. The summed E-state index contributed by atoms with van der Waals surface area (Å²) in [5.41, 5.74) is 1.17. The van der Waals surface area contributed by atoms with E-state index in [9.17, 15) is 13.2 Å². The maximum Gasteiger partial charge on any atom is 0.253 e. The van der Waals surface area contributed by atoms with Gasteiger partial charge in [0.05, 0.1) is 17.1 Å². The Bertz CT molecular complexity index is 954. The summed E-state index contributed by atoms with van der Waals surface area (Å²) in [6.07, 6.45) is 7.62. The first-order chi connectivity index (χ1) is 13.9. The second-order valence-electron chi connectivity index (χ2n) is 7.41. The summed E-state index contributed by atoms with van der Waals surface area (Å²) in [6, 6.07) is 6.85. The lowest BCUT2D eigenvalue weighted by atomic mass is 10.1. The number of anilines is 1. The fourth-order valence-corrected chi connectivity index (χ4v) is 4.97. The van der Waals surface area contributed by atoms with Crippen LogP contribution in [0, 0.1) is 0 Å². The zero-order chi connectivity index (χ0) is 20.4. The zero-order valence-electron chi connectivity index (χ0n) is 16.3. The van der Waals surface area contributed by atoms with Crippen molar-refractivity contribution >= 4 is 21.6 Å². The molecular formula is C20H24N4O4S. The van der Waals surface area contributed by atoms with Gasteiger partial charge in [-0.25, -0.2) is 13.4 Å². The molecule has 2 aliphatic rings. The van der Waals surface area contributed by atoms with Crippen LogP contribution in [0.25, 0.3) is 0 Å². The largest absolute Gasteiger partial charge is 0.474 e. The van der Waals surface area contributed by atoms with E-state index in [0.717, 1.165) is 25.7 Å². The average molecular weight is 417 g/mol. The van der Waals surface area contributed by atoms with Crippen molar-refractivity contribution in [3.8, 4) is 5.88 Å². The van der Waals surface area contributed by atoms with Gasteiger partial charge in [-0.3, -0.25) is 14.1 Å². The Morgan fingerprint density at radius 2 is 1.79 bits per heavy atom. The lowest BCUT2D eigenvalue weighted by Gasteiger charge is -2.32. The number of piperidine rings is 1. The Morgan fingerprint density at radius 3 is 2.38 bits per heavy atom. The minimum atomic E-state index is -3.28. The minimum absolute atomic E-state index is 0.00763. The van der Waals surface area contributed by atoms with E-state index in [-0.39, 0.29) is 17.3 Å². The number of rotatable bonds is 6. The van der Waals surface area contributed by atoms with Crippen molar-refractivity contribution in [2.24, 2.45) is 0 Å². The summed E-state index contributed by atoms with van der Waals surface area (Å²) in [5.74, 6) is 0.470. The van der Waals surface area contributed by atoms with E-state index in [1.54, 1.807) is 43.7 Å². The third kappa shape index (κ3) is 4.34. The van der Waals surface area contributed by atoms with Gasteiger partial charge in [0.1, 0.15) is 6.10 Å². The Labute approximate surface area is 170 Å². The summed E-state index contributed by atoms with van der Waals surface area (Å²) in [4.78, 5) is 22.5. The number of carbonyl (C=O) groups is 1. The molecule has 154 valence electrons. The summed E-state index contributed by atoms with van der Waals surface area (Å²) >= 11 is 0. The molecule has 2 fully saturated rings. The Hall–Kier alpha value is -2.68. The van der Waals surface area contributed by atoms with E-state index in [0.29, 0.717) is 30.2 Å². The van der Waals surface area contributed by atoms with E-state index in [1.165, 1.54) is 10.5 Å². The fraction of sp³-hybridized carbons (Fsp3) is 0.450. The number of nitrogens with zero attached hydrogens (tertiary/aromatic N) is 4. The number of amides is 1. The SMILES string of the molecule is CN(c1ccc(OC2CCN(C(=O)c3ccncc3)CC2)nc1)S(=O)(=O)C1CC1. The van der Waals surface area contributed by atoms with Crippen molar-refractivity contribution < 1.29 is 17.9 Å². The smallest absolute Gasteiger partial charge is 0.253 e. The number of likely N-dealkylation sites (tertiary alicyclic amines) is 1. The second-order valence-corrected chi connectivity index (χ2v) is 9.66. The maximum atomic E-state index is 12.5. The number of ether oxygens (including phenoxy) is 1. The zero-order valence-corrected chi connectivity index (χ0v) is 17.1. The monoisotopic (exact) mass is 416 g/mol. The molecule has 0 atom stereocenters. The van der Waals surface area contributed by atoms with Gasteiger partial charge in [-0.1, -0.05) is 0 Å². The predicted molar refractivity (Wildman–Crippen MR) is 108 cm³/mol. The molecule has 8 nitrogen and oxygen atoms in total. The van der Waals surface area contributed by atoms with E-state index < -0.39 is 10.0 Å². The molecule has 1 aliphatic carbocycles. The van der Waals surface area contributed by atoms with E-state index in [1.807, 2.05) is 4.90 Å². The lowest BCUT2D eigenvalue weighted by Crippen LogP contribution is -2.41. The second kappa shape index (κ2) is 7.98. The highest BCUT2D eigenvalue weighted by molar-refractivity contribution is 7.93. The number of carbonyl (C=O) groups excluding carboxylic acids is 1. The van der Waals surface area contributed by atoms with E-state index in [4.69, 9.17) is 4.74 Å². The summed E-state index contributed by atoms with van der Waals surface area (Å²) in [7, 11) is -1.73. The van der Waals surface area contributed by atoms with Crippen LogP contribution in [-0.2, 0) is 10.0 Å². The molecule has 1 saturated carbocycles. The van der Waals surface area contributed by atoms with Gasteiger partial charge in [-0.2, -0.15) is 0 Å². The van der Waals surface area contributed by atoms with Gasteiger partial charge < -0.3 is 9.64 Å². The maximum absolute atomic E-state index is 12.5. The summed E-state index contributed by atoms with van der Waals surface area (Å²) in [6.45, 7) is 1.23. The molecule has 1 aliphatic heterocycles.